The van der Waals surface area contributed by atoms with E-state index in [1.807, 2.05) is 0 Å². The molecular weight excluding hydrogens is 172 g/mol. The van der Waals surface area contributed by atoms with Gasteiger partial charge >= 0.3 is 0 Å². The first-order valence-electron chi connectivity index (χ1n) is 6.00. The van der Waals surface area contributed by atoms with Crippen molar-refractivity contribution in [1.82, 2.24) is 4.90 Å². The standard InChI is InChI=1S/C12H24N2/c1-12(2)8-7-10(11(12)13)14(3)9-5-4-6-9/h9-11H,4-8,13H2,1-3H3. The third-order valence-electron chi connectivity index (χ3n) is 4.58. The summed E-state index contributed by atoms with van der Waals surface area (Å²) in [6, 6.07) is 1.84. The monoisotopic (exact) mass is 196 g/mol. The second-order valence-corrected chi connectivity index (χ2v) is 5.87. The Balaban J connectivity index is 1.98. The molecule has 0 aromatic carbocycles. The molecule has 2 nitrogen and oxygen atoms in total. The molecule has 0 spiro atoms. The van der Waals surface area contributed by atoms with Crippen LogP contribution in [0, 0.1) is 5.41 Å². The molecule has 0 amide bonds. The molecule has 2 atom stereocenters. The fourth-order valence-corrected chi connectivity index (χ4v) is 2.91. The van der Waals surface area contributed by atoms with E-state index in [0.717, 1.165) is 6.04 Å². The zero-order valence-corrected chi connectivity index (χ0v) is 9.79. The van der Waals surface area contributed by atoms with Crippen molar-refractivity contribution in [3.05, 3.63) is 0 Å². The second-order valence-electron chi connectivity index (χ2n) is 5.87. The molecule has 0 bridgehead atoms. The van der Waals surface area contributed by atoms with Crippen molar-refractivity contribution in [2.75, 3.05) is 7.05 Å². The summed E-state index contributed by atoms with van der Waals surface area (Å²) in [5.74, 6) is 0. The molecule has 0 aromatic heterocycles. The van der Waals surface area contributed by atoms with Gasteiger partial charge in [-0.05, 0) is 38.1 Å². The quantitative estimate of drug-likeness (QED) is 0.732. The molecule has 82 valence electrons. The van der Waals surface area contributed by atoms with E-state index < -0.39 is 0 Å². The van der Waals surface area contributed by atoms with Gasteiger partial charge in [0.25, 0.3) is 0 Å². The summed E-state index contributed by atoms with van der Waals surface area (Å²) in [6.07, 6.45) is 6.78. The predicted octanol–water partition coefficient (Wildman–Crippen LogP) is 1.99. The summed E-state index contributed by atoms with van der Waals surface area (Å²) in [4.78, 5) is 2.56. The molecule has 2 fully saturated rings. The number of nitrogens with zero attached hydrogens (tertiary/aromatic N) is 1. The Morgan fingerprint density at radius 3 is 2.21 bits per heavy atom. The van der Waals surface area contributed by atoms with Gasteiger partial charge in [0.1, 0.15) is 0 Å². The van der Waals surface area contributed by atoms with Gasteiger partial charge in [0.15, 0.2) is 0 Å². The Labute approximate surface area is 87.8 Å². The third kappa shape index (κ3) is 1.59. The summed E-state index contributed by atoms with van der Waals surface area (Å²) in [5.41, 5.74) is 6.68. The summed E-state index contributed by atoms with van der Waals surface area (Å²) in [7, 11) is 2.27. The Kier molecular flexibility index (Phi) is 2.61. The van der Waals surface area contributed by atoms with Crippen molar-refractivity contribution in [1.29, 1.82) is 0 Å². The summed E-state index contributed by atoms with van der Waals surface area (Å²) < 4.78 is 0. The largest absolute Gasteiger partial charge is 0.326 e. The molecule has 0 saturated heterocycles. The first-order chi connectivity index (χ1) is 6.52. The van der Waals surface area contributed by atoms with E-state index in [-0.39, 0.29) is 0 Å². The lowest BCUT2D eigenvalue weighted by Crippen LogP contribution is -2.52. The Hall–Kier alpha value is -0.0800. The SMILES string of the molecule is CN(C1CCC1)C1CCC(C)(C)C1N. The molecule has 0 aromatic rings. The van der Waals surface area contributed by atoms with Crippen LogP contribution in [-0.2, 0) is 0 Å². The molecule has 2 saturated carbocycles. The molecule has 2 aliphatic rings. The van der Waals surface area contributed by atoms with Gasteiger partial charge in [0.2, 0.25) is 0 Å². The van der Waals surface area contributed by atoms with Crippen LogP contribution in [0.5, 0.6) is 0 Å². The third-order valence-corrected chi connectivity index (χ3v) is 4.58. The topological polar surface area (TPSA) is 29.3 Å². The number of likely N-dealkylation sites (N-methyl/N-ethyl adjacent to an activating group) is 1. The van der Waals surface area contributed by atoms with Crippen LogP contribution in [0.2, 0.25) is 0 Å². The highest BCUT2D eigenvalue weighted by Gasteiger charge is 2.43. The first kappa shape index (κ1) is 10.4. The number of nitrogens with two attached hydrogens (primary N) is 1. The summed E-state index contributed by atoms with van der Waals surface area (Å²) >= 11 is 0. The zero-order chi connectivity index (χ0) is 10.3. The van der Waals surface area contributed by atoms with E-state index in [0.29, 0.717) is 17.5 Å². The van der Waals surface area contributed by atoms with Crippen molar-refractivity contribution in [3.63, 3.8) is 0 Å². The van der Waals surface area contributed by atoms with Crippen LogP contribution in [0.3, 0.4) is 0 Å². The lowest BCUT2D eigenvalue weighted by atomic mass is 9.85. The van der Waals surface area contributed by atoms with Crippen LogP contribution in [-0.4, -0.2) is 30.1 Å². The van der Waals surface area contributed by atoms with Crippen LogP contribution in [0.4, 0.5) is 0 Å². The predicted molar refractivity (Wildman–Crippen MR) is 60.2 cm³/mol. The van der Waals surface area contributed by atoms with Crippen LogP contribution in [0.25, 0.3) is 0 Å². The van der Waals surface area contributed by atoms with Gasteiger partial charge in [-0.25, -0.2) is 0 Å². The maximum Gasteiger partial charge on any atom is 0.0252 e. The Bertz CT molecular complexity index is 208. The molecule has 2 aliphatic carbocycles. The molecular formula is C12H24N2. The summed E-state index contributed by atoms with van der Waals surface area (Å²) in [5, 5.41) is 0. The normalized spacial score (nSPS) is 37.5. The van der Waals surface area contributed by atoms with E-state index in [1.54, 1.807) is 0 Å². The van der Waals surface area contributed by atoms with Gasteiger partial charge in [-0.15, -0.1) is 0 Å². The molecule has 2 rings (SSSR count). The highest BCUT2D eigenvalue weighted by atomic mass is 15.2. The maximum atomic E-state index is 6.33. The van der Waals surface area contributed by atoms with Gasteiger partial charge in [0.05, 0.1) is 0 Å². The van der Waals surface area contributed by atoms with Crippen molar-refractivity contribution in [3.8, 4) is 0 Å². The van der Waals surface area contributed by atoms with Gasteiger partial charge in [0, 0.05) is 18.1 Å². The molecule has 14 heavy (non-hydrogen) atoms. The van der Waals surface area contributed by atoms with E-state index in [4.69, 9.17) is 5.73 Å². The van der Waals surface area contributed by atoms with E-state index >= 15 is 0 Å². The molecule has 2 heteroatoms. The molecule has 0 radical (unpaired) electrons. The fourth-order valence-electron chi connectivity index (χ4n) is 2.91. The highest BCUT2D eigenvalue weighted by Crippen LogP contribution is 2.40. The summed E-state index contributed by atoms with van der Waals surface area (Å²) in [6.45, 7) is 4.62. The zero-order valence-electron chi connectivity index (χ0n) is 9.79. The minimum absolute atomic E-state index is 0.350. The molecule has 2 N–H and O–H groups in total. The molecule has 0 heterocycles. The van der Waals surface area contributed by atoms with Crippen molar-refractivity contribution >= 4 is 0 Å². The number of hydrogen-bond acceptors (Lipinski definition) is 2. The Morgan fingerprint density at radius 1 is 1.21 bits per heavy atom. The van der Waals surface area contributed by atoms with Crippen LogP contribution in [0.15, 0.2) is 0 Å². The van der Waals surface area contributed by atoms with E-state index in [9.17, 15) is 0 Å². The van der Waals surface area contributed by atoms with Crippen LogP contribution < -0.4 is 5.73 Å². The lowest BCUT2D eigenvalue weighted by molar-refractivity contribution is 0.0947. The van der Waals surface area contributed by atoms with Gasteiger partial charge < -0.3 is 5.73 Å². The van der Waals surface area contributed by atoms with Crippen LogP contribution in [0.1, 0.15) is 46.0 Å². The average molecular weight is 196 g/mol. The minimum atomic E-state index is 0.350. The Morgan fingerprint density at radius 2 is 1.86 bits per heavy atom. The minimum Gasteiger partial charge on any atom is -0.326 e. The number of rotatable bonds is 2. The molecule has 2 unspecified atom stereocenters. The van der Waals surface area contributed by atoms with E-state index in [1.165, 1.54) is 32.1 Å². The highest BCUT2D eigenvalue weighted by molar-refractivity contribution is 5.00. The smallest absolute Gasteiger partial charge is 0.0252 e. The van der Waals surface area contributed by atoms with Crippen molar-refractivity contribution < 1.29 is 0 Å². The molecule has 0 aliphatic heterocycles. The lowest BCUT2D eigenvalue weighted by Gasteiger charge is -2.41. The van der Waals surface area contributed by atoms with Gasteiger partial charge in [-0.3, -0.25) is 4.90 Å². The van der Waals surface area contributed by atoms with E-state index in [2.05, 4.69) is 25.8 Å². The fraction of sp³-hybridized carbons (Fsp3) is 1.00. The average Bonchev–Trinajstić information content (AvgIpc) is 2.24. The van der Waals surface area contributed by atoms with Crippen molar-refractivity contribution in [2.24, 2.45) is 11.1 Å². The number of hydrogen-bond donors (Lipinski definition) is 1. The second kappa shape index (κ2) is 3.49. The van der Waals surface area contributed by atoms with Gasteiger partial charge in [-0.1, -0.05) is 20.3 Å². The van der Waals surface area contributed by atoms with Crippen molar-refractivity contribution in [2.45, 2.75) is 64.1 Å². The maximum absolute atomic E-state index is 6.33. The van der Waals surface area contributed by atoms with Crippen LogP contribution >= 0.6 is 0 Å². The van der Waals surface area contributed by atoms with Gasteiger partial charge in [-0.2, -0.15) is 0 Å². The first-order valence-corrected chi connectivity index (χ1v) is 6.00.